The summed E-state index contributed by atoms with van der Waals surface area (Å²) in [4.78, 5) is 0. The second-order valence-corrected chi connectivity index (χ2v) is 4.98. The second-order valence-electron chi connectivity index (χ2n) is 4.98. The molecule has 2 heteroatoms. The van der Waals surface area contributed by atoms with Crippen molar-refractivity contribution in [1.29, 1.82) is 0 Å². The van der Waals surface area contributed by atoms with E-state index in [2.05, 4.69) is 54.8 Å². The van der Waals surface area contributed by atoms with Crippen molar-refractivity contribution in [2.45, 2.75) is 20.4 Å². The van der Waals surface area contributed by atoms with Gasteiger partial charge >= 0.3 is 0 Å². The van der Waals surface area contributed by atoms with Crippen LogP contribution in [0, 0.1) is 13.8 Å². The van der Waals surface area contributed by atoms with Crippen LogP contribution in [0.5, 0.6) is 0 Å². The van der Waals surface area contributed by atoms with Crippen LogP contribution in [0.2, 0.25) is 0 Å². The van der Waals surface area contributed by atoms with Gasteiger partial charge < -0.3 is 10.3 Å². The van der Waals surface area contributed by atoms with Gasteiger partial charge in [0.1, 0.15) is 0 Å². The Morgan fingerprint density at radius 2 is 1.39 bits per heavy atom. The predicted molar refractivity (Wildman–Crippen MR) is 78.0 cm³/mol. The Labute approximate surface area is 107 Å². The number of nitrogens with zero attached hydrogens (tertiary/aromatic N) is 1. The van der Waals surface area contributed by atoms with Gasteiger partial charge in [-0.1, -0.05) is 24.3 Å². The summed E-state index contributed by atoms with van der Waals surface area (Å²) in [5.41, 5.74) is 10.9. The number of hydrogen-bond acceptors (Lipinski definition) is 1. The minimum Gasteiger partial charge on any atom is -0.339 e. The largest absolute Gasteiger partial charge is 0.339 e. The Morgan fingerprint density at radius 3 is 1.83 bits per heavy atom. The maximum Gasteiger partial charge on any atom is 0.0494 e. The van der Waals surface area contributed by atoms with Crippen LogP contribution in [0.25, 0.3) is 21.8 Å². The molecule has 3 rings (SSSR count). The molecule has 0 bridgehead atoms. The topological polar surface area (TPSA) is 30.9 Å². The quantitative estimate of drug-likeness (QED) is 0.729. The van der Waals surface area contributed by atoms with Gasteiger partial charge in [-0.3, -0.25) is 0 Å². The average molecular weight is 238 g/mol. The molecule has 0 spiro atoms. The van der Waals surface area contributed by atoms with Gasteiger partial charge in [0.2, 0.25) is 0 Å². The lowest BCUT2D eigenvalue weighted by Gasteiger charge is -2.06. The van der Waals surface area contributed by atoms with E-state index in [4.69, 9.17) is 5.73 Å². The van der Waals surface area contributed by atoms with Gasteiger partial charge in [-0.25, -0.2) is 0 Å². The fourth-order valence-corrected chi connectivity index (χ4v) is 2.69. The highest BCUT2D eigenvalue weighted by Gasteiger charge is 2.09. The van der Waals surface area contributed by atoms with Gasteiger partial charge in [-0.05, 0) is 37.1 Å². The molecule has 0 fully saturated rings. The Morgan fingerprint density at radius 1 is 0.889 bits per heavy atom. The molecule has 0 aliphatic heterocycles. The number of aryl methyl sites for hydroxylation is 2. The van der Waals surface area contributed by atoms with Crippen molar-refractivity contribution < 1.29 is 0 Å². The SMILES string of the molecule is Cc1ccc2c3ccc(C)cc3n(CCN)c2c1. The molecule has 0 unspecified atom stereocenters. The number of rotatable bonds is 2. The number of hydrogen-bond donors (Lipinski definition) is 1. The smallest absolute Gasteiger partial charge is 0.0494 e. The molecule has 0 aliphatic rings. The van der Waals surface area contributed by atoms with Crippen LogP contribution in [-0.2, 0) is 6.54 Å². The van der Waals surface area contributed by atoms with Gasteiger partial charge in [0, 0.05) is 34.9 Å². The Kier molecular flexibility index (Phi) is 2.60. The van der Waals surface area contributed by atoms with Crippen molar-refractivity contribution in [3.8, 4) is 0 Å². The molecule has 0 aliphatic carbocycles. The molecule has 2 nitrogen and oxygen atoms in total. The molecule has 0 atom stereocenters. The molecule has 92 valence electrons. The fourth-order valence-electron chi connectivity index (χ4n) is 2.69. The summed E-state index contributed by atoms with van der Waals surface area (Å²) < 4.78 is 2.34. The van der Waals surface area contributed by atoms with E-state index in [1.165, 1.54) is 32.9 Å². The first-order valence-electron chi connectivity index (χ1n) is 6.40. The van der Waals surface area contributed by atoms with E-state index in [0.717, 1.165) is 6.54 Å². The fraction of sp³-hybridized carbons (Fsp3) is 0.250. The standard InChI is InChI=1S/C16H18N2/c1-11-3-5-13-14-6-4-12(2)10-16(14)18(8-7-17)15(13)9-11/h3-6,9-10H,7-8,17H2,1-2H3. The van der Waals surface area contributed by atoms with Gasteiger partial charge in [0.15, 0.2) is 0 Å². The van der Waals surface area contributed by atoms with Gasteiger partial charge in [0.05, 0.1) is 0 Å². The van der Waals surface area contributed by atoms with Crippen LogP contribution in [0.15, 0.2) is 36.4 Å². The van der Waals surface area contributed by atoms with Crippen LogP contribution in [0.1, 0.15) is 11.1 Å². The minimum atomic E-state index is 0.667. The lowest BCUT2D eigenvalue weighted by molar-refractivity contribution is 0.757. The normalized spacial score (nSPS) is 11.5. The zero-order chi connectivity index (χ0) is 12.7. The van der Waals surface area contributed by atoms with E-state index in [9.17, 15) is 0 Å². The first-order chi connectivity index (χ1) is 8.70. The highest BCUT2D eigenvalue weighted by Crippen LogP contribution is 2.30. The van der Waals surface area contributed by atoms with Crippen molar-refractivity contribution in [3.05, 3.63) is 47.5 Å². The van der Waals surface area contributed by atoms with Crippen LogP contribution < -0.4 is 5.73 Å². The molecule has 0 radical (unpaired) electrons. The monoisotopic (exact) mass is 238 g/mol. The molecule has 0 saturated carbocycles. The molecule has 18 heavy (non-hydrogen) atoms. The number of nitrogens with two attached hydrogens (primary N) is 1. The molecule has 1 heterocycles. The highest BCUT2D eigenvalue weighted by molar-refractivity contribution is 6.08. The molecule has 1 aromatic heterocycles. The molecule has 2 N–H and O–H groups in total. The van der Waals surface area contributed by atoms with Gasteiger partial charge in [0.25, 0.3) is 0 Å². The maximum absolute atomic E-state index is 5.76. The number of aromatic nitrogens is 1. The molecule has 2 aromatic carbocycles. The van der Waals surface area contributed by atoms with Crippen LogP contribution in [0.4, 0.5) is 0 Å². The van der Waals surface area contributed by atoms with Crippen molar-refractivity contribution in [2.75, 3.05) is 6.54 Å². The Bertz CT molecular complexity index is 663. The first-order valence-corrected chi connectivity index (χ1v) is 6.40. The van der Waals surface area contributed by atoms with Crippen LogP contribution in [0.3, 0.4) is 0 Å². The molecule has 3 aromatic rings. The van der Waals surface area contributed by atoms with E-state index in [1.807, 2.05) is 0 Å². The second kappa shape index (κ2) is 4.14. The first kappa shape index (κ1) is 11.3. The lowest BCUT2D eigenvalue weighted by atomic mass is 10.1. The third-order valence-electron chi connectivity index (χ3n) is 3.53. The third kappa shape index (κ3) is 1.61. The Balaban J connectivity index is 2.48. The maximum atomic E-state index is 5.76. The number of benzene rings is 2. The van der Waals surface area contributed by atoms with Gasteiger partial charge in [-0.15, -0.1) is 0 Å². The number of fused-ring (bicyclic) bond motifs is 3. The lowest BCUT2D eigenvalue weighted by Crippen LogP contribution is -2.09. The Hall–Kier alpha value is -1.80. The minimum absolute atomic E-state index is 0.667. The molecule has 0 saturated heterocycles. The summed E-state index contributed by atoms with van der Waals surface area (Å²) >= 11 is 0. The van der Waals surface area contributed by atoms with E-state index < -0.39 is 0 Å². The summed E-state index contributed by atoms with van der Waals surface area (Å²) in [6, 6.07) is 13.3. The van der Waals surface area contributed by atoms with Crippen molar-refractivity contribution in [3.63, 3.8) is 0 Å². The van der Waals surface area contributed by atoms with E-state index in [1.54, 1.807) is 0 Å². The zero-order valence-electron chi connectivity index (χ0n) is 10.9. The van der Waals surface area contributed by atoms with Gasteiger partial charge in [-0.2, -0.15) is 0 Å². The molecular weight excluding hydrogens is 220 g/mol. The summed E-state index contributed by atoms with van der Waals surface area (Å²) in [6.07, 6.45) is 0. The van der Waals surface area contributed by atoms with Crippen molar-refractivity contribution >= 4 is 21.8 Å². The predicted octanol–water partition coefficient (Wildman–Crippen LogP) is 3.37. The van der Waals surface area contributed by atoms with Crippen molar-refractivity contribution in [2.24, 2.45) is 5.73 Å². The summed E-state index contributed by atoms with van der Waals surface area (Å²) in [7, 11) is 0. The van der Waals surface area contributed by atoms with E-state index in [0.29, 0.717) is 6.54 Å². The van der Waals surface area contributed by atoms with Crippen LogP contribution >= 0.6 is 0 Å². The molecule has 0 amide bonds. The zero-order valence-corrected chi connectivity index (χ0v) is 10.9. The summed E-state index contributed by atoms with van der Waals surface area (Å²) in [6.45, 7) is 5.80. The van der Waals surface area contributed by atoms with E-state index in [-0.39, 0.29) is 0 Å². The van der Waals surface area contributed by atoms with Crippen molar-refractivity contribution in [1.82, 2.24) is 4.57 Å². The summed E-state index contributed by atoms with van der Waals surface area (Å²) in [5.74, 6) is 0. The molecular formula is C16H18N2. The van der Waals surface area contributed by atoms with Crippen LogP contribution in [-0.4, -0.2) is 11.1 Å². The average Bonchev–Trinajstić information content (AvgIpc) is 2.63. The summed E-state index contributed by atoms with van der Waals surface area (Å²) in [5, 5.41) is 2.65. The highest BCUT2D eigenvalue weighted by atomic mass is 15.0. The van der Waals surface area contributed by atoms with E-state index >= 15 is 0 Å². The third-order valence-corrected chi connectivity index (χ3v) is 3.53.